The third-order valence-electron chi connectivity index (χ3n) is 5.43. The number of carbonyl (C=O) groups is 2. The van der Waals surface area contributed by atoms with Gasteiger partial charge < -0.3 is 19.9 Å². The van der Waals surface area contributed by atoms with Crippen LogP contribution >= 0.6 is 23.2 Å². The van der Waals surface area contributed by atoms with Crippen LogP contribution in [0.4, 0.5) is 11.5 Å². The number of hydrogen-bond donors (Lipinski definition) is 1. The van der Waals surface area contributed by atoms with Gasteiger partial charge in [-0.2, -0.15) is 0 Å². The molecule has 0 saturated carbocycles. The van der Waals surface area contributed by atoms with Crippen LogP contribution in [0.3, 0.4) is 0 Å². The number of carbonyl (C=O) groups excluding carboxylic acids is 2. The molecule has 9 heteroatoms. The van der Waals surface area contributed by atoms with Gasteiger partial charge >= 0.3 is 0 Å². The van der Waals surface area contributed by atoms with Crippen LogP contribution in [0.1, 0.15) is 16.8 Å². The molecule has 0 bridgehead atoms. The van der Waals surface area contributed by atoms with Gasteiger partial charge in [-0.15, -0.1) is 0 Å². The predicted molar refractivity (Wildman–Crippen MR) is 134 cm³/mol. The van der Waals surface area contributed by atoms with E-state index < -0.39 is 0 Å². The Morgan fingerprint density at radius 2 is 1.74 bits per heavy atom. The maximum Gasteiger partial charge on any atom is 0.262 e. The second-order valence-corrected chi connectivity index (χ2v) is 8.65. The van der Waals surface area contributed by atoms with Crippen LogP contribution in [0.5, 0.6) is 5.75 Å². The maximum absolute atomic E-state index is 12.9. The third-order valence-corrected chi connectivity index (χ3v) is 6.01. The molecule has 1 N–H and O–H groups in total. The van der Waals surface area contributed by atoms with Gasteiger partial charge in [0.1, 0.15) is 11.6 Å². The predicted octanol–water partition coefficient (Wildman–Crippen LogP) is 4.76. The minimum Gasteiger partial charge on any atom is -0.484 e. The number of benzene rings is 2. The number of rotatable bonds is 6. The molecular weight excluding hydrogens is 475 g/mol. The number of ether oxygens (including phenoxy) is 1. The van der Waals surface area contributed by atoms with Crippen LogP contribution in [-0.4, -0.2) is 54.5 Å². The lowest BCUT2D eigenvalue weighted by Gasteiger charge is -2.23. The molecule has 1 aliphatic heterocycles. The quantitative estimate of drug-likeness (QED) is 0.530. The number of nitrogens with zero attached hydrogens (tertiary/aromatic N) is 3. The van der Waals surface area contributed by atoms with Crippen molar-refractivity contribution in [3.63, 3.8) is 0 Å². The summed E-state index contributed by atoms with van der Waals surface area (Å²) >= 11 is 12.0. The Balaban J connectivity index is 1.29. The molecule has 0 spiro atoms. The van der Waals surface area contributed by atoms with E-state index in [-0.39, 0.29) is 18.4 Å². The molecule has 0 radical (unpaired) electrons. The Kier molecular flexibility index (Phi) is 7.87. The van der Waals surface area contributed by atoms with Gasteiger partial charge in [-0.3, -0.25) is 9.59 Å². The van der Waals surface area contributed by atoms with Crippen molar-refractivity contribution >= 4 is 46.5 Å². The normalized spacial score (nSPS) is 13.8. The van der Waals surface area contributed by atoms with Crippen LogP contribution in [0, 0.1) is 0 Å². The van der Waals surface area contributed by atoms with E-state index in [0.717, 1.165) is 18.8 Å². The number of hydrogen-bond acceptors (Lipinski definition) is 5. The number of nitrogens with one attached hydrogen (secondary N) is 1. The zero-order chi connectivity index (χ0) is 23.9. The average molecular weight is 499 g/mol. The molecule has 2 heterocycles. The molecule has 3 aromatic rings. The fraction of sp³-hybridized carbons (Fsp3) is 0.240. The highest BCUT2D eigenvalue weighted by molar-refractivity contribution is 6.33. The molecule has 2 aromatic carbocycles. The van der Waals surface area contributed by atoms with E-state index in [9.17, 15) is 9.59 Å². The summed E-state index contributed by atoms with van der Waals surface area (Å²) in [6.07, 6.45) is 2.44. The number of pyridine rings is 1. The summed E-state index contributed by atoms with van der Waals surface area (Å²) < 4.78 is 5.46. The van der Waals surface area contributed by atoms with Crippen LogP contribution < -0.4 is 15.0 Å². The number of anilines is 2. The van der Waals surface area contributed by atoms with Gasteiger partial charge in [-0.25, -0.2) is 4.98 Å². The molecule has 1 saturated heterocycles. The Bertz CT molecular complexity index is 1140. The van der Waals surface area contributed by atoms with Gasteiger partial charge in [0.05, 0.1) is 22.5 Å². The van der Waals surface area contributed by atoms with E-state index in [1.54, 1.807) is 48.7 Å². The second kappa shape index (κ2) is 11.2. The fourth-order valence-electron chi connectivity index (χ4n) is 3.68. The molecule has 1 aromatic heterocycles. The molecule has 34 heavy (non-hydrogen) atoms. The Morgan fingerprint density at radius 3 is 2.47 bits per heavy atom. The minimum absolute atomic E-state index is 0.0562. The number of halogens is 2. The lowest BCUT2D eigenvalue weighted by atomic mass is 10.2. The number of aromatic nitrogens is 1. The van der Waals surface area contributed by atoms with Crippen LogP contribution in [-0.2, 0) is 4.79 Å². The van der Waals surface area contributed by atoms with Crippen molar-refractivity contribution in [2.24, 2.45) is 0 Å². The molecule has 0 unspecified atom stereocenters. The van der Waals surface area contributed by atoms with Gasteiger partial charge in [-0.05, 0) is 55.0 Å². The van der Waals surface area contributed by atoms with Crippen molar-refractivity contribution in [2.75, 3.05) is 43.0 Å². The molecule has 0 aliphatic carbocycles. The summed E-state index contributed by atoms with van der Waals surface area (Å²) in [5, 5.41) is 3.84. The topological polar surface area (TPSA) is 74.8 Å². The highest BCUT2D eigenvalue weighted by atomic mass is 35.5. The molecular formula is C25H24Cl2N4O3. The number of amides is 2. The van der Waals surface area contributed by atoms with Gasteiger partial charge in [-0.1, -0.05) is 35.3 Å². The smallest absolute Gasteiger partial charge is 0.262 e. The van der Waals surface area contributed by atoms with E-state index in [0.29, 0.717) is 46.7 Å². The van der Waals surface area contributed by atoms with Gasteiger partial charge in [0.2, 0.25) is 0 Å². The highest BCUT2D eigenvalue weighted by Gasteiger charge is 2.22. The van der Waals surface area contributed by atoms with Gasteiger partial charge in [0.15, 0.2) is 6.61 Å². The molecule has 0 atom stereocenters. The first-order chi connectivity index (χ1) is 16.5. The minimum atomic E-state index is -0.284. The molecule has 1 fully saturated rings. The van der Waals surface area contributed by atoms with E-state index in [1.807, 2.05) is 23.1 Å². The standard InChI is InChI=1S/C25H24Cl2N4O3/c26-18-6-9-20(10-7-18)34-17-24(32)29-19-8-11-23(28-16-19)30-12-3-13-31(15-14-30)25(33)21-4-1-2-5-22(21)27/h1-2,4-11,16H,3,12-15,17H2,(H,29,32). The van der Waals surface area contributed by atoms with E-state index in [1.165, 1.54) is 0 Å². The summed E-state index contributed by atoms with van der Waals surface area (Å²) in [6.45, 7) is 2.54. The van der Waals surface area contributed by atoms with Crippen molar-refractivity contribution in [1.82, 2.24) is 9.88 Å². The van der Waals surface area contributed by atoms with Gasteiger partial charge in [0.25, 0.3) is 11.8 Å². The third kappa shape index (κ3) is 6.18. The Hall–Kier alpha value is -3.29. The zero-order valence-electron chi connectivity index (χ0n) is 18.4. The summed E-state index contributed by atoms with van der Waals surface area (Å²) in [5.74, 6) is 1.02. The molecule has 1 aliphatic rings. The summed E-state index contributed by atoms with van der Waals surface area (Å²) in [7, 11) is 0. The first kappa shape index (κ1) is 23.9. The average Bonchev–Trinajstić information content (AvgIpc) is 3.11. The van der Waals surface area contributed by atoms with Crippen molar-refractivity contribution < 1.29 is 14.3 Å². The van der Waals surface area contributed by atoms with Crippen LogP contribution in [0.25, 0.3) is 0 Å². The Labute approximate surface area is 208 Å². The van der Waals surface area contributed by atoms with Crippen LogP contribution in [0.2, 0.25) is 10.0 Å². The van der Waals surface area contributed by atoms with Crippen molar-refractivity contribution in [3.05, 3.63) is 82.5 Å². The fourth-order valence-corrected chi connectivity index (χ4v) is 4.02. The molecule has 7 nitrogen and oxygen atoms in total. The van der Waals surface area contributed by atoms with Gasteiger partial charge in [0, 0.05) is 31.2 Å². The monoisotopic (exact) mass is 498 g/mol. The second-order valence-electron chi connectivity index (χ2n) is 7.81. The van der Waals surface area contributed by atoms with E-state index in [2.05, 4.69) is 15.2 Å². The lowest BCUT2D eigenvalue weighted by molar-refractivity contribution is -0.118. The highest BCUT2D eigenvalue weighted by Crippen LogP contribution is 2.21. The van der Waals surface area contributed by atoms with E-state index >= 15 is 0 Å². The Morgan fingerprint density at radius 1 is 0.941 bits per heavy atom. The van der Waals surface area contributed by atoms with E-state index in [4.69, 9.17) is 27.9 Å². The molecule has 4 rings (SSSR count). The first-order valence-corrected chi connectivity index (χ1v) is 11.7. The summed E-state index contributed by atoms with van der Waals surface area (Å²) in [5.41, 5.74) is 1.11. The SMILES string of the molecule is O=C(COc1ccc(Cl)cc1)Nc1ccc(N2CCCN(C(=O)c3ccccc3Cl)CC2)nc1. The van der Waals surface area contributed by atoms with Crippen LogP contribution in [0.15, 0.2) is 66.9 Å². The van der Waals surface area contributed by atoms with Crippen molar-refractivity contribution in [1.29, 1.82) is 0 Å². The molecule has 176 valence electrons. The van der Waals surface area contributed by atoms with Crippen molar-refractivity contribution in [2.45, 2.75) is 6.42 Å². The maximum atomic E-state index is 12.9. The first-order valence-electron chi connectivity index (χ1n) is 10.9. The molecule has 2 amide bonds. The lowest BCUT2D eigenvalue weighted by Crippen LogP contribution is -2.35. The zero-order valence-corrected chi connectivity index (χ0v) is 19.9. The summed E-state index contributed by atoms with van der Waals surface area (Å²) in [6, 6.07) is 17.6. The largest absolute Gasteiger partial charge is 0.484 e. The summed E-state index contributed by atoms with van der Waals surface area (Å²) in [4.78, 5) is 33.5. The van der Waals surface area contributed by atoms with Crippen molar-refractivity contribution in [3.8, 4) is 5.75 Å².